The Morgan fingerprint density at radius 3 is 2.56 bits per heavy atom. The minimum atomic E-state index is -3.78. The van der Waals surface area contributed by atoms with Crippen molar-refractivity contribution in [2.75, 3.05) is 18.0 Å². The van der Waals surface area contributed by atoms with Gasteiger partial charge in [0.2, 0.25) is 0 Å². The highest BCUT2D eigenvalue weighted by Crippen LogP contribution is 2.32. The highest BCUT2D eigenvalue weighted by molar-refractivity contribution is 7.92. The molecule has 1 aliphatic rings. The van der Waals surface area contributed by atoms with E-state index in [-0.39, 0.29) is 21.8 Å². The minimum absolute atomic E-state index is 0.0881. The summed E-state index contributed by atoms with van der Waals surface area (Å²) in [4.78, 5) is 29.5. The van der Waals surface area contributed by atoms with Crippen LogP contribution in [0, 0.1) is 0 Å². The molecule has 3 aromatic carbocycles. The van der Waals surface area contributed by atoms with Gasteiger partial charge in [-0.05, 0) is 54.4 Å². The molecule has 2 heterocycles. The molecule has 0 atom stereocenters. The maximum atomic E-state index is 13.2. The number of hydrogen-bond donors (Lipinski definition) is 0. The molecule has 0 N–H and O–H groups in total. The van der Waals surface area contributed by atoms with Gasteiger partial charge in [0.15, 0.2) is 4.80 Å². The van der Waals surface area contributed by atoms with Gasteiger partial charge in [-0.3, -0.25) is 13.9 Å². The van der Waals surface area contributed by atoms with Crippen LogP contribution in [0.5, 0.6) is 0 Å². The first-order valence-electron chi connectivity index (χ1n) is 10.9. The molecule has 4 aromatic rings. The van der Waals surface area contributed by atoms with Gasteiger partial charge < -0.3 is 9.30 Å². The van der Waals surface area contributed by atoms with Crippen molar-refractivity contribution < 1.29 is 22.7 Å². The zero-order valence-corrected chi connectivity index (χ0v) is 21.4. The molecule has 36 heavy (non-hydrogen) atoms. The molecule has 11 heteroatoms. The van der Waals surface area contributed by atoms with Crippen molar-refractivity contribution in [1.82, 2.24) is 4.57 Å². The zero-order chi connectivity index (χ0) is 25.4. The van der Waals surface area contributed by atoms with Crippen LogP contribution in [-0.2, 0) is 32.5 Å². The Hall–Kier alpha value is -3.47. The van der Waals surface area contributed by atoms with E-state index in [1.165, 1.54) is 51.6 Å². The highest BCUT2D eigenvalue weighted by atomic mass is 35.5. The summed E-state index contributed by atoms with van der Waals surface area (Å²) in [6.45, 7) is 0.202. The number of amides is 1. The van der Waals surface area contributed by atoms with E-state index in [9.17, 15) is 18.0 Å². The van der Waals surface area contributed by atoms with Gasteiger partial charge >= 0.3 is 5.97 Å². The maximum absolute atomic E-state index is 13.2. The van der Waals surface area contributed by atoms with E-state index in [2.05, 4.69) is 4.99 Å². The van der Waals surface area contributed by atoms with Crippen molar-refractivity contribution in [2.45, 2.75) is 17.9 Å². The molecule has 0 aliphatic carbocycles. The van der Waals surface area contributed by atoms with Crippen LogP contribution in [0.25, 0.3) is 10.2 Å². The second-order valence-electron chi connectivity index (χ2n) is 8.03. The Kier molecular flexibility index (Phi) is 6.42. The van der Waals surface area contributed by atoms with E-state index in [1.807, 2.05) is 24.3 Å². The Morgan fingerprint density at radius 2 is 1.81 bits per heavy atom. The second kappa shape index (κ2) is 9.53. The quantitative estimate of drug-likeness (QED) is 0.355. The number of anilines is 1. The molecule has 1 aromatic heterocycles. The Morgan fingerprint density at radius 1 is 1.06 bits per heavy atom. The van der Waals surface area contributed by atoms with Crippen molar-refractivity contribution in [3.8, 4) is 0 Å². The van der Waals surface area contributed by atoms with Gasteiger partial charge in [-0.15, -0.1) is 0 Å². The lowest BCUT2D eigenvalue weighted by molar-refractivity contribution is -0.141. The molecule has 1 amide bonds. The number of nitrogens with zero attached hydrogens (tertiary/aromatic N) is 3. The number of carbonyl (C=O) groups is 2. The number of rotatable bonds is 5. The van der Waals surface area contributed by atoms with E-state index >= 15 is 0 Å². The number of benzene rings is 3. The normalized spacial score (nSPS) is 13.7. The van der Waals surface area contributed by atoms with Crippen molar-refractivity contribution in [1.29, 1.82) is 0 Å². The molecule has 1 aliphatic heterocycles. The molecule has 0 fully saturated rings. The smallest absolute Gasteiger partial charge is 0.325 e. The Labute approximate surface area is 216 Å². The first-order chi connectivity index (χ1) is 17.3. The van der Waals surface area contributed by atoms with Crippen molar-refractivity contribution in [2.24, 2.45) is 4.99 Å². The number of halogens is 1. The van der Waals surface area contributed by atoms with Crippen LogP contribution in [-0.4, -0.2) is 38.5 Å². The number of para-hydroxylation sites is 2. The topological polar surface area (TPSA) is 98.0 Å². The fraction of sp³-hybridized carbons (Fsp3) is 0.160. The summed E-state index contributed by atoms with van der Waals surface area (Å²) in [5.41, 5.74) is 2.44. The first-order valence-corrected chi connectivity index (χ1v) is 13.6. The number of sulfonamides is 1. The average Bonchev–Trinajstić information content (AvgIpc) is 3.47. The summed E-state index contributed by atoms with van der Waals surface area (Å²) in [6, 6.07) is 18.4. The number of thiazole rings is 1. The summed E-state index contributed by atoms with van der Waals surface area (Å²) in [5.74, 6) is -1.09. The van der Waals surface area contributed by atoms with Crippen molar-refractivity contribution in [3.63, 3.8) is 0 Å². The summed E-state index contributed by atoms with van der Waals surface area (Å²) in [5, 5.41) is 0.416. The molecule has 0 spiro atoms. The number of ether oxygens (including phenoxy) is 1. The van der Waals surface area contributed by atoms with Crippen LogP contribution in [0.1, 0.15) is 15.9 Å². The Balaban J connectivity index is 1.48. The number of carbonyl (C=O) groups excluding carboxylic acids is 2. The highest BCUT2D eigenvalue weighted by Gasteiger charge is 2.30. The van der Waals surface area contributed by atoms with Crippen molar-refractivity contribution >= 4 is 60.7 Å². The van der Waals surface area contributed by atoms with E-state index in [4.69, 9.17) is 16.3 Å². The third-order valence-electron chi connectivity index (χ3n) is 5.90. The van der Waals surface area contributed by atoms with Crippen LogP contribution in [0.2, 0.25) is 5.02 Å². The fourth-order valence-electron chi connectivity index (χ4n) is 4.12. The van der Waals surface area contributed by atoms with Crippen LogP contribution in [0.15, 0.2) is 76.6 Å². The number of hydrogen-bond acceptors (Lipinski definition) is 6. The molecule has 184 valence electrons. The van der Waals surface area contributed by atoms with Gasteiger partial charge in [0, 0.05) is 12.1 Å². The van der Waals surface area contributed by atoms with Gasteiger partial charge in [-0.25, -0.2) is 8.42 Å². The third kappa shape index (κ3) is 4.32. The van der Waals surface area contributed by atoms with Crippen LogP contribution < -0.4 is 9.11 Å². The summed E-state index contributed by atoms with van der Waals surface area (Å²) in [7, 11) is -2.50. The van der Waals surface area contributed by atoms with Crippen molar-refractivity contribution in [3.05, 3.63) is 87.7 Å². The lowest BCUT2D eigenvalue weighted by Gasteiger charge is -2.19. The van der Waals surface area contributed by atoms with E-state index < -0.39 is 21.9 Å². The second-order valence-corrected chi connectivity index (χ2v) is 11.3. The SMILES string of the molecule is COC(=O)Cn1c(=NC(=O)c2ccc(S(=O)(=O)N3CCc4ccccc43)cc2)sc2cccc(Cl)c21. The lowest BCUT2D eigenvalue weighted by Crippen LogP contribution is -2.29. The number of aromatic nitrogens is 1. The third-order valence-corrected chi connectivity index (χ3v) is 9.07. The van der Waals surface area contributed by atoms with Gasteiger partial charge in [0.05, 0.1) is 32.9 Å². The summed E-state index contributed by atoms with van der Waals surface area (Å²) >= 11 is 7.56. The van der Waals surface area contributed by atoms with Gasteiger partial charge in [0.1, 0.15) is 6.54 Å². The first kappa shape index (κ1) is 24.2. The molecule has 5 rings (SSSR count). The predicted molar refractivity (Wildman–Crippen MR) is 138 cm³/mol. The Bertz CT molecular complexity index is 1670. The number of fused-ring (bicyclic) bond motifs is 2. The molecule has 0 unspecified atom stereocenters. The number of esters is 1. The number of methoxy groups -OCH3 is 1. The van der Waals surface area contributed by atoms with Crippen LogP contribution in [0.4, 0.5) is 5.69 Å². The lowest BCUT2D eigenvalue weighted by atomic mass is 10.2. The largest absolute Gasteiger partial charge is 0.468 e. The standard InChI is InChI=1S/C25H20ClN3O5S2/c1-34-22(30)15-28-23-19(26)6-4-8-21(23)35-25(28)27-24(31)17-9-11-18(12-10-17)36(32,33)29-14-13-16-5-2-3-7-20(16)29/h2-12H,13-15H2,1H3. The maximum Gasteiger partial charge on any atom is 0.325 e. The van der Waals surface area contributed by atoms with E-state index in [0.29, 0.717) is 29.2 Å². The molecule has 8 nitrogen and oxygen atoms in total. The van der Waals surface area contributed by atoms with E-state index in [0.717, 1.165) is 10.3 Å². The zero-order valence-electron chi connectivity index (χ0n) is 19.0. The van der Waals surface area contributed by atoms with Gasteiger partial charge in [-0.1, -0.05) is 47.2 Å². The van der Waals surface area contributed by atoms with Gasteiger partial charge in [0.25, 0.3) is 15.9 Å². The molecular weight excluding hydrogens is 522 g/mol. The molecule has 0 radical (unpaired) electrons. The molecule has 0 saturated carbocycles. The summed E-state index contributed by atoms with van der Waals surface area (Å²) in [6.07, 6.45) is 0.648. The molecular formula is C25H20ClN3O5S2. The molecule has 0 bridgehead atoms. The fourth-order valence-corrected chi connectivity index (χ4v) is 7.01. The van der Waals surface area contributed by atoms with Gasteiger partial charge in [-0.2, -0.15) is 4.99 Å². The molecule has 0 saturated heterocycles. The average molecular weight is 542 g/mol. The minimum Gasteiger partial charge on any atom is -0.468 e. The monoisotopic (exact) mass is 541 g/mol. The summed E-state index contributed by atoms with van der Waals surface area (Å²) < 4.78 is 34.9. The van der Waals surface area contributed by atoms with Crippen LogP contribution >= 0.6 is 22.9 Å². The van der Waals surface area contributed by atoms with Crippen LogP contribution in [0.3, 0.4) is 0 Å². The van der Waals surface area contributed by atoms with E-state index in [1.54, 1.807) is 18.2 Å². The predicted octanol–water partition coefficient (Wildman–Crippen LogP) is 4.02.